The van der Waals surface area contributed by atoms with E-state index >= 15 is 0 Å². The molecule has 0 amide bonds. The number of esters is 1. The van der Waals surface area contributed by atoms with E-state index in [0.29, 0.717) is 0 Å². The van der Waals surface area contributed by atoms with Crippen LogP contribution < -0.4 is 0 Å². The second-order valence-corrected chi connectivity index (χ2v) is 5.17. The van der Waals surface area contributed by atoms with Crippen molar-refractivity contribution in [1.29, 1.82) is 0 Å². The molecule has 2 atom stereocenters. The summed E-state index contributed by atoms with van der Waals surface area (Å²) in [6.45, 7) is 0.885. The number of rotatable bonds is 2. The molecule has 1 saturated heterocycles. The fourth-order valence-corrected chi connectivity index (χ4v) is 2.83. The molecule has 0 aromatic heterocycles. The summed E-state index contributed by atoms with van der Waals surface area (Å²) in [6, 6.07) is 8.02. The normalized spacial score (nSPS) is 24.8. The van der Waals surface area contributed by atoms with Crippen LogP contribution in [0.15, 0.2) is 24.3 Å². The molecule has 98 valence electrons. The lowest BCUT2D eigenvalue weighted by molar-refractivity contribution is -0.147. The highest BCUT2D eigenvalue weighted by Gasteiger charge is 2.32. The molecular formula is C14H18ClNO2. The fraction of sp³-hybridized carbons (Fsp3) is 0.500. The van der Waals surface area contributed by atoms with E-state index in [1.807, 2.05) is 24.3 Å². The molecule has 0 N–H and O–H groups in total. The first-order valence-corrected chi connectivity index (χ1v) is 6.53. The highest BCUT2D eigenvalue weighted by Crippen LogP contribution is 2.36. The van der Waals surface area contributed by atoms with Gasteiger partial charge in [0.25, 0.3) is 0 Å². The summed E-state index contributed by atoms with van der Waals surface area (Å²) in [6.07, 6.45) is 1.62. The Morgan fingerprint density at radius 2 is 2.17 bits per heavy atom. The maximum absolute atomic E-state index is 11.7. The van der Waals surface area contributed by atoms with Gasteiger partial charge in [-0.05, 0) is 38.1 Å². The first kappa shape index (κ1) is 13.4. The van der Waals surface area contributed by atoms with Crippen LogP contribution in [0.3, 0.4) is 0 Å². The number of likely N-dealkylation sites (tertiary alicyclic amines) is 1. The Kier molecular flexibility index (Phi) is 4.25. The van der Waals surface area contributed by atoms with Gasteiger partial charge in [0.1, 0.15) is 0 Å². The van der Waals surface area contributed by atoms with Crippen molar-refractivity contribution in [2.45, 2.75) is 18.9 Å². The predicted molar refractivity (Wildman–Crippen MR) is 71.6 cm³/mol. The number of hydrogen-bond acceptors (Lipinski definition) is 3. The molecule has 1 heterocycles. The average molecular weight is 268 g/mol. The van der Waals surface area contributed by atoms with Gasteiger partial charge in [-0.25, -0.2) is 0 Å². The number of methoxy groups -OCH3 is 1. The van der Waals surface area contributed by atoms with Crippen molar-refractivity contribution in [2.24, 2.45) is 5.92 Å². The Balaban J connectivity index is 2.20. The number of piperidine rings is 1. The van der Waals surface area contributed by atoms with Crippen LogP contribution in [0.5, 0.6) is 0 Å². The second-order valence-electron chi connectivity index (χ2n) is 4.76. The quantitative estimate of drug-likeness (QED) is 0.772. The number of nitrogens with zero attached hydrogens (tertiary/aromatic N) is 1. The van der Waals surface area contributed by atoms with Crippen LogP contribution >= 0.6 is 11.6 Å². The van der Waals surface area contributed by atoms with Crippen molar-refractivity contribution >= 4 is 17.6 Å². The fourth-order valence-electron chi connectivity index (χ4n) is 2.57. The number of hydrogen-bond donors (Lipinski definition) is 0. The number of ether oxygens (including phenoxy) is 1. The van der Waals surface area contributed by atoms with Crippen LogP contribution in [0.25, 0.3) is 0 Å². The standard InChI is InChI=1S/C14H18ClNO2/c1-16-8-7-10(14(17)18-2)9-13(16)11-5-3-4-6-12(11)15/h3-6,10,13H,7-9H2,1-2H3. The molecule has 4 heteroatoms. The number of halogens is 1. The van der Waals surface area contributed by atoms with Crippen LogP contribution in [-0.4, -0.2) is 31.6 Å². The Labute approximate surface area is 113 Å². The SMILES string of the molecule is COC(=O)C1CCN(C)C(c2ccccc2Cl)C1. The lowest BCUT2D eigenvalue weighted by Gasteiger charge is -2.36. The summed E-state index contributed by atoms with van der Waals surface area (Å²) < 4.78 is 4.85. The Morgan fingerprint density at radius 3 is 2.83 bits per heavy atom. The molecule has 1 aliphatic rings. The van der Waals surface area contributed by atoms with Gasteiger partial charge in [0.05, 0.1) is 13.0 Å². The van der Waals surface area contributed by atoms with Gasteiger partial charge in [0.15, 0.2) is 0 Å². The molecule has 0 spiro atoms. The first-order chi connectivity index (χ1) is 8.63. The molecule has 1 aromatic carbocycles. The van der Waals surface area contributed by atoms with Gasteiger partial charge in [-0.15, -0.1) is 0 Å². The van der Waals surface area contributed by atoms with E-state index in [1.54, 1.807) is 0 Å². The van der Waals surface area contributed by atoms with Crippen LogP contribution in [0, 0.1) is 5.92 Å². The summed E-state index contributed by atoms with van der Waals surface area (Å²) in [7, 11) is 3.52. The summed E-state index contributed by atoms with van der Waals surface area (Å²) in [5.41, 5.74) is 1.09. The zero-order valence-corrected chi connectivity index (χ0v) is 11.5. The van der Waals surface area contributed by atoms with Gasteiger partial charge in [-0.3, -0.25) is 9.69 Å². The van der Waals surface area contributed by atoms with E-state index < -0.39 is 0 Å². The van der Waals surface area contributed by atoms with Crippen LogP contribution in [0.1, 0.15) is 24.4 Å². The maximum atomic E-state index is 11.7. The molecule has 0 saturated carbocycles. The lowest BCUT2D eigenvalue weighted by Crippen LogP contribution is -2.37. The van der Waals surface area contributed by atoms with Crippen LogP contribution in [0.2, 0.25) is 5.02 Å². The molecule has 3 nitrogen and oxygen atoms in total. The van der Waals surface area contributed by atoms with E-state index in [2.05, 4.69) is 11.9 Å². The molecule has 18 heavy (non-hydrogen) atoms. The Bertz CT molecular complexity index is 436. The number of carbonyl (C=O) groups excluding carboxylic acids is 1. The summed E-state index contributed by atoms with van der Waals surface area (Å²) in [4.78, 5) is 13.9. The highest BCUT2D eigenvalue weighted by molar-refractivity contribution is 6.31. The molecule has 2 rings (SSSR count). The van der Waals surface area contributed by atoms with Crippen molar-refractivity contribution < 1.29 is 9.53 Å². The van der Waals surface area contributed by atoms with Crippen molar-refractivity contribution in [3.05, 3.63) is 34.9 Å². The van der Waals surface area contributed by atoms with Gasteiger partial charge < -0.3 is 4.74 Å². The van der Waals surface area contributed by atoms with E-state index in [-0.39, 0.29) is 17.9 Å². The smallest absolute Gasteiger partial charge is 0.308 e. The second kappa shape index (κ2) is 5.72. The van der Waals surface area contributed by atoms with Crippen molar-refractivity contribution in [1.82, 2.24) is 4.90 Å². The monoisotopic (exact) mass is 267 g/mol. The molecule has 1 fully saturated rings. The summed E-state index contributed by atoms with van der Waals surface area (Å²) in [5, 5.41) is 0.764. The van der Waals surface area contributed by atoms with Crippen molar-refractivity contribution in [3.63, 3.8) is 0 Å². The summed E-state index contributed by atoms with van der Waals surface area (Å²) >= 11 is 6.24. The van der Waals surface area contributed by atoms with Gasteiger partial charge in [0, 0.05) is 11.1 Å². The van der Waals surface area contributed by atoms with Gasteiger partial charge in [0.2, 0.25) is 0 Å². The average Bonchev–Trinajstić information content (AvgIpc) is 2.39. The highest BCUT2D eigenvalue weighted by atomic mass is 35.5. The lowest BCUT2D eigenvalue weighted by atomic mass is 9.87. The number of carbonyl (C=O) groups is 1. The van der Waals surface area contributed by atoms with Gasteiger partial charge in [-0.2, -0.15) is 0 Å². The molecule has 1 aromatic rings. The summed E-state index contributed by atoms with van der Waals surface area (Å²) in [5.74, 6) is -0.132. The molecule has 2 unspecified atom stereocenters. The topological polar surface area (TPSA) is 29.5 Å². The van der Waals surface area contributed by atoms with Crippen LogP contribution in [0.4, 0.5) is 0 Å². The largest absolute Gasteiger partial charge is 0.469 e. The van der Waals surface area contributed by atoms with Crippen molar-refractivity contribution in [2.75, 3.05) is 20.7 Å². The third-order valence-corrected chi connectivity index (χ3v) is 4.01. The van der Waals surface area contributed by atoms with Crippen molar-refractivity contribution in [3.8, 4) is 0 Å². The Morgan fingerprint density at radius 1 is 1.44 bits per heavy atom. The molecule has 0 aliphatic carbocycles. The minimum absolute atomic E-state index is 0.0209. The predicted octanol–water partition coefficient (Wildman–Crippen LogP) is 2.90. The first-order valence-electron chi connectivity index (χ1n) is 6.16. The zero-order valence-electron chi connectivity index (χ0n) is 10.7. The minimum atomic E-state index is -0.111. The van der Waals surface area contributed by atoms with E-state index in [0.717, 1.165) is 30.0 Å². The molecule has 0 radical (unpaired) electrons. The molecule has 0 bridgehead atoms. The van der Waals surface area contributed by atoms with E-state index in [9.17, 15) is 4.79 Å². The molecular weight excluding hydrogens is 250 g/mol. The minimum Gasteiger partial charge on any atom is -0.469 e. The van der Waals surface area contributed by atoms with Gasteiger partial charge in [-0.1, -0.05) is 29.8 Å². The zero-order chi connectivity index (χ0) is 13.1. The number of benzene rings is 1. The van der Waals surface area contributed by atoms with E-state index in [4.69, 9.17) is 16.3 Å². The Hall–Kier alpha value is -1.06. The third-order valence-electron chi connectivity index (χ3n) is 3.67. The molecule has 1 aliphatic heterocycles. The maximum Gasteiger partial charge on any atom is 0.308 e. The van der Waals surface area contributed by atoms with E-state index in [1.165, 1.54) is 7.11 Å². The van der Waals surface area contributed by atoms with Gasteiger partial charge >= 0.3 is 5.97 Å². The third kappa shape index (κ3) is 2.68. The van der Waals surface area contributed by atoms with Crippen LogP contribution in [-0.2, 0) is 9.53 Å².